The molecule has 3 atom stereocenters. The zero-order chi connectivity index (χ0) is 25.6. The standard InChI is InChI=1S/C23H19F3N8O2/c1-11(12-3-6-17(28-8-12)23(24,25)26)34-21-18(16(7-27)33-34)22(35)32-20(31-21)15-5-4-14(15)19-29-9-13(36-2)10-30-19/h3,6,8-11,14-15H,4-5H2,1-2H3,(H,31,32,35)/t11-,14-,15-/m1/s1. The molecule has 0 spiro atoms. The molecule has 1 N–H and O–H groups in total. The van der Waals surface area contributed by atoms with Crippen LogP contribution in [0.15, 0.2) is 35.5 Å². The second kappa shape index (κ2) is 8.71. The quantitative estimate of drug-likeness (QED) is 0.444. The fourth-order valence-electron chi connectivity index (χ4n) is 4.31. The number of nitrogens with zero attached hydrogens (tertiary/aromatic N) is 7. The van der Waals surface area contributed by atoms with Crippen LogP contribution in [0, 0.1) is 11.3 Å². The number of hydrogen-bond acceptors (Lipinski definition) is 8. The van der Waals surface area contributed by atoms with Gasteiger partial charge in [0, 0.05) is 18.0 Å². The van der Waals surface area contributed by atoms with Crippen molar-refractivity contribution in [1.82, 2.24) is 34.7 Å². The number of aromatic amines is 1. The molecule has 0 bridgehead atoms. The van der Waals surface area contributed by atoms with Crippen molar-refractivity contribution in [3.8, 4) is 11.8 Å². The molecule has 0 unspecified atom stereocenters. The van der Waals surface area contributed by atoms with E-state index in [1.807, 2.05) is 6.07 Å². The highest BCUT2D eigenvalue weighted by atomic mass is 19.4. The maximum Gasteiger partial charge on any atom is 0.433 e. The lowest BCUT2D eigenvalue weighted by atomic mass is 9.72. The third kappa shape index (κ3) is 3.94. The Morgan fingerprint density at radius 3 is 2.44 bits per heavy atom. The van der Waals surface area contributed by atoms with Crippen LogP contribution in [-0.4, -0.2) is 41.8 Å². The second-order valence-corrected chi connectivity index (χ2v) is 8.48. The van der Waals surface area contributed by atoms with Crippen LogP contribution >= 0.6 is 0 Å². The zero-order valence-electron chi connectivity index (χ0n) is 19.1. The van der Waals surface area contributed by atoms with E-state index in [1.54, 1.807) is 19.3 Å². The van der Waals surface area contributed by atoms with Gasteiger partial charge >= 0.3 is 6.18 Å². The first-order valence-corrected chi connectivity index (χ1v) is 11.0. The molecule has 10 nitrogen and oxygen atoms in total. The molecule has 1 aliphatic carbocycles. The van der Waals surface area contributed by atoms with Gasteiger partial charge in [-0.05, 0) is 31.4 Å². The number of aromatic nitrogens is 7. The number of rotatable bonds is 5. The largest absolute Gasteiger partial charge is 0.494 e. The van der Waals surface area contributed by atoms with Crippen LogP contribution in [0.4, 0.5) is 13.2 Å². The van der Waals surface area contributed by atoms with E-state index in [0.29, 0.717) is 23.0 Å². The number of halogens is 3. The molecule has 1 aliphatic rings. The van der Waals surface area contributed by atoms with Crippen LogP contribution in [0.1, 0.15) is 66.2 Å². The summed E-state index contributed by atoms with van der Waals surface area (Å²) in [6.07, 6.45) is 1.23. The Kier molecular flexibility index (Phi) is 5.66. The van der Waals surface area contributed by atoms with Crippen molar-refractivity contribution in [1.29, 1.82) is 5.26 Å². The van der Waals surface area contributed by atoms with Crippen LogP contribution < -0.4 is 10.3 Å². The van der Waals surface area contributed by atoms with Gasteiger partial charge in [-0.25, -0.2) is 19.6 Å². The lowest BCUT2D eigenvalue weighted by Gasteiger charge is -2.34. The topological polar surface area (TPSA) is 135 Å². The Labute approximate surface area is 201 Å². The summed E-state index contributed by atoms with van der Waals surface area (Å²) in [4.78, 5) is 32.6. The average Bonchev–Trinajstić information content (AvgIpc) is 3.22. The number of nitrogens with one attached hydrogen (secondary N) is 1. The molecule has 4 aromatic heterocycles. The van der Waals surface area contributed by atoms with E-state index >= 15 is 0 Å². The molecule has 0 amide bonds. The third-order valence-electron chi connectivity index (χ3n) is 6.45. The summed E-state index contributed by atoms with van der Waals surface area (Å²) in [7, 11) is 1.52. The van der Waals surface area contributed by atoms with Gasteiger partial charge < -0.3 is 9.72 Å². The van der Waals surface area contributed by atoms with Crippen molar-refractivity contribution in [2.75, 3.05) is 7.11 Å². The minimum Gasteiger partial charge on any atom is -0.494 e. The van der Waals surface area contributed by atoms with Crippen molar-refractivity contribution < 1.29 is 17.9 Å². The molecule has 0 aromatic carbocycles. The highest BCUT2D eigenvalue weighted by Crippen LogP contribution is 2.46. The van der Waals surface area contributed by atoms with Crippen LogP contribution in [0.3, 0.4) is 0 Å². The monoisotopic (exact) mass is 496 g/mol. The van der Waals surface area contributed by atoms with E-state index in [4.69, 9.17) is 4.74 Å². The first kappa shape index (κ1) is 23.4. The molecular weight excluding hydrogens is 477 g/mol. The van der Waals surface area contributed by atoms with Crippen molar-refractivity contribution in [3.63, 3.8) is 0 Å². The third-order valence-corrected chi connectivity index (χ3v) is 6.45. The number of hydrogen-bond donors (Lipinski definition) is 1. The van der Waals surface area contributed by atoms with Gasteiger partial charge in [0.25, 0.3) is 5.56 Å². The maximum atomic E-state index is 13.0. The SMILES string of the molecule is COc1cnc([C@@H]2CC[C@H]2c2nc3c(c(C#N)nn3[C@H](C)c3ccc(C(F)(F)F)nc3)c(=O)[nH]2)nc1. The van der Waals surface area contributed by atoms with E-state index in [-0.39, 0.29) is 28.6 Å². The Morgan fingerprint density at radius 1 is 1.17 bits per heavy atom. The van der Waals surface area contributed by atoms with Gasteiger partial charge in [-0.2, -0.15) is 23.5 Å². The lowest BCUT2D eigenvalue weighted by Crippen LogP contribution is -2.28. The number of nitriles is 1. The zero-order valence-corrected chi connectivity index (χ0v) is 19.1. The summed E-state index contributed by atoms with van der Waals surface area (Å²) in [5.41, 5.74) is -1.08. The molecule has 4 heterocycles. The Morgan fingerprint density at radius 2 is 1.89 bits per heavy atom. The number of alkyl halides is 3. The predicted octanol–water partition coefficient (Wildman–Crippen LogP) is 3.47. The van der Waals surface area contributed by atoms with Gasteiger partial charge in [-0.15, -0.1) is 0 Å². The number of methoxy groups -OCH3 is 1. The van der Waals surface area contributed by atoms with Crippen molar-refractivity contribution in [2.24, 2.45) is 0 Å². The predicted molar refractivity (Wildman–Crippen MR) is 119 cm³/mol. The Bertz CT molecular complexity index is 1520. The number of ether oxygens (including phenoxy) is 1. The van der Waals surface area contributed by atoms with Gasteiger partial charge in [0.05, 0.1) is 25.5 Å². The molecule has 0 saturated heterocycles. The summed E-state index contributed by atoms with van der Waals surface area (Å²) in [6, 6.07) is 3.42. The van der Waals surface area contributed by atoms with Crippen LogP contribution in [0.5, 0.6) is 5.75 Å². The van der Waals surface area contributed by atoms with Crippen molar-refractivity contribution >= 4 is 11.0 Å². The van der Waals surface area contributed by atoms with Gasteiger partial charge in [0.2, 0.25) is 0 Å². The Hall–Kier alpha value is -4.34. The summed E-state index contributed by atoms with van der Waals surface area (Å²) in [5.74, 6) is 1.31. The lowest BCUT2D eigenvalue weighted by molar-refractivity contribution is -0.141. The highest BCUT2D eigenvalue weighted by Gasteiger charge is 2.38. The molecule has 5 rings (SSSR count). The maximum absolute atomic E-state index is 13.0. The minimum absolute atomic E-state index is 0.0181. The average molecular weight is 496 g/mol. The molecule has 184 valence electrons. The van der Waals surface area contributed by atoms with E-state index in [2.05, 4.69) is 30.0 Å². The van der Waals surface area contributed by atoms with Crippen LogP contribution in [0.2, 0.25) is 0 Å². The molecule has 1 saturated carbocycles. The molecule has 36 heavy (non-hydrogen) atoms. The second-order valence-electron chi connectivity index (χ2n) is 8.48. The summed E-state index contributed by atoms with van der Waals surface area (Å²) in [5, 5.41) is 13.8. The van der Waals surface area contributed by atoms with Gasteiger partial charge in [-0.1, -0.05) is 6.07 Å². The normalized spacial score (nSPS) is 18.4. The van der Waals surface area contributed by atoms with Gasteiger partial charge in [0.15, 0.2) is 17.1 Å². The summed E-state index contributed by atoms with van der Waals surface area (Å²) >= 11 is 0. The fourth-order valence-corrected chi connectivity index (χ4v) is 4.31. The summed E-state index contributed by atoms with van der Waals surface area (Å²) in [6.45, 7) is 1.68. The van der Waals surface area contributed by atoms with Gasteiger partial charge in [0.1, 0.15) is 28.8 Å². The number of fused-ring (bicyclic) bond motifs is 1. The fraction of sp³-hybridized carbons (Fsp3) is 0.348. The van der Waals surface area contributed by atoms with Crippen molar-refractivity contribution in [3.05, 3.63) is 69.7 Å². The van der Waals surface area contributed by atoms with E-state index in [9.17, 15) is 23.2 Å². The molecule has 13 heteroatoms. The Balaban J connectivity index is 1.54. The first-order valence-electron chi connectivity index (χ1n) is 11.0. The molecule has 0 aliphatic heterocycles. The molecular formula is C23H19F3N8O2. The number of H-pyrrole nitrogens is 1. The first-order chi connectivity index (χ1) is 17.2. The molecule has 0 radical (unpaired) electrons. The molecule has 1 fully saturated rings. The minimum atomic E-state index is -4.56. The van der Waals surface area contributed by atoms with Gasteiger partial charge in [-0.3, -0.25) is 9.78 Å². The molecule has 4 aromatic rings. The summed E-state index contributed by atoms with van der Waals surface area (Å²) < 4.78 is 45.2. The van der Waals surface area contributed by atoms with Crippen molar-refractivity contribution in [2.45, 2.75) is 43.8 Å². The van der Waals surface area contributed by atoms with E-state index < -0.39 is 23.5 Å². The van der Waals surface area contributed by atoms with Crippen LogP contribution in [0.25, 0.3) is 11.0 Å². The van der Waals surface area contributed by atoms with E-state index in [0.717, 1.165) is 25.1 Å². The van der Waals surface area contributed by atoms with Crippen LogP contribution in [-0.2, 0) is 6.18 Å². The number of pyridine rings is 1. The highest BCUT2D eigenvalue weighted by molar-refractivity contribution is 5.80. The smallest absolute Gasteiger partial charge is 0.433 e. The van der Waals surface area contributed by atoms with E-state index in [1.165, 1.54) is 17.9 Å².